The molecule has 0 fully saturated rings. The summed E-state index contributed by atoms with van der Waals surface area (Å²) in [6.07, 6.45) is 0. The fourth-order valence-electron chi connectivity index (χ4n) is 0.641. The molecular formula is C7H6BrIO. The lowest BCUT2D eigenvalue weighted by molar-refractivity contribution is 0.412. The first-order valence-electron chi connectivity index (χ1n) is 2.73. The van der Waals surface area contributed by atoms with Crippen molar-refractivity contribution < 1.29 is 4.74 Å². The summed E-state index contributed by atoms with van der Waals surface area (Å²) in [5, 5.41) is 0. The van der Waals surface area contributed by atoms with Gasteiger partial charge in [-0.15, -0.1) is 0 Å². The lowest BCUT2D eigenvalue weighted by atomic mass is 10.3. The van der Waals surface area contributed by atoms with Gasteiger partial charge in [0.05, 0.1) is 11.6 Å². The zero-order valence-corrected chi connectivity index (χ0v) is 9.14. The van der Waals surface area contributed by atoms with Crippen LogP contribution in [0.25, 0.3) is 0 Å². The second-order valence-corrected chi connectivity index (χ2v) is 3.88. The molecule has 1 rings (SSSR count). The SMILES string of the molecule is COc1ccc(I)cc1Br. The zero-order valence-electron chi connectivity index (χ0n) is 5.40. The first-order valence-corrected chi connectivity index (χ1v) is 4.60. The van der Waals surface area contributed by atoms with Gasteiger partial charge in [-0.3, -0.25) is 0 Å². The molecule has 0 bridgehead atoms. The second kappa shape index (κ2) is 3.57. The van der Waals surface area contributed by atoms with Crippen molar-refractivity contribution >= 4 is 38.5 Å². The molecule has 0 aliphatic heterocycles. The van der Waals surface area contributed by atoms with Gasteiger partial charge in [0.25, 0.3) is 0 Å². The Balaban J connectivity index is 3.07. The van der Waals surface area contributed by atoms with E-state index in [-0.39, 0.29) is 0 Å². The predicted octanol–water partition coefficient (Wildman–Crippen LogP) is 3.06. The minimum absolute atomic E-state index is 0.875. The molecule has 3 heteroatoms. The molecule has 0 N–H and O–H groups in total. The Morgan fingerprint density at radius 1 is 1.50 bits per heavy atom. The highest BCUT2D eigenvalue weighted by Crippen LogP contribution is 2.25. The largest absolute Gasteiger partial charge is 0.496 e. The van der Waals surface area contributed by atoms with Gasteiger partial charge in [0.2, 0.25) is 0 Å². The Kier molecular flexibility index (Phi) is 2.97. The third-order valence-corrected chi connectivity index (χ3v) is 2.40. The van der Waals surface area contributed by atoms with Crippen molar-refractivity contribution in [2.24, 2.45) is 0 Å². The maximum absolute atomic E-state index is 5.05. The van der Waals surface area contributed by atoms with Gasteiger partial charge in [-0.25, -0.2) is 0 Å². The topological polar surface area (TPSA) is 9.23 Å². The minimum Gasteiger partial charge on any atom is -0.496 e. The van der Waals surface area contributed by atoms with Gasteiger partial charge in [-0.05, 0) is 56.7 Å². The van der Waals surface area contributed by atoms with Crippen LogP contribution in [0.4, 0.5) is 0 Å². The summed E-state index contributed by atoms with van der Waals surface area (Å²) in [7, 11) is 1.66. The summed E-state index contributed by atoms with van der Waals surface area (Å²) in [6, 6.07) is 5.95. The number of benzene rings is 1. The summed E-state index contributed by atoms with van der Waals surface area (Å²) >= 11 is 5.63. The molecule has 0 spiro atoms. The molecule has 0 aliphatic carbocycles. The fraction of sp³-hybridized carbons (Fsp3) is 0.143. The van der Waals surface area contributed by atoms with Crippen LogP contribution in [0, 0.1) is 3.57 Å². The predicted molar refractivity (Wildman–Crippen MR) is 53.4 cm³/mol. The van der Waals surface area contributed by atoms with Crippen LogP contribution in [0.1, 0.15) is 0 Å². The van der Waals surface area contributed by atoms with Crippen molar-refractivity contribution in [3.8, 4) is 5.75 Å². The standard InChI is InChI=1S/C7H6BrIO/c1-10-7-3-2-5(9)4-6(7)8/h2-4H,1H3. The number of halogens is 2. The van der Waals surface area contributed by atoms with Crippen molar-refractivity contribution in [2.75, 3.05) is 7.11 Å². The third kappa shape index (κ3) is 1.85. The molecule has 0 aliphatic rings. The molecule has 10 heavy (non-hydrogen) atoms. The van der Waals surface area contributed by atoms with Crippen molar-refractivity contribution in [1.82, 2.24) is 0 Å². The van der Waals surface area contributed by atoms with E-state index in [4.69, 9.17) is 4.74 Å². The van der Waals surface area contributed by atoms with E-state index >= 15 is 0 Å². The molecular weight excluding hydrogens is 307 g/mol. The number of methoxy groups -OCH3 is 1. The van der Waals surface area contributed by atoms with Crippen molar-refractivity contribution in [1.29, 1.82) is 0 Å². The highest BCUT2D eigenvalue weighted by Gasteiger charge is 1.97. The molecule has 1 aromatic rings. The lowest BCUT2D eigenvalue weighted by Gasteiger charge is -2.01. The van der Waals surface area contributed by atoms with Gasteiger partial charge in [0.15, 0.2) is 0 Å². The van der Waals surface area contributed by atoms with Crippen LogP contribution in [0.5, 0.6) is 5.75 Å². The van der Waals surface area contributed by atoms with E-state index in [0.717, 1.165) is 10.2 Å². The highest BCUT2D eigenvalue weighted by atomic mass is 127. The molecule has 1 aromatic carbocycles. The minimum atomic E-state index is 0.875. The monoisotopic (exact) mass is 312 g/mol. The summed E-state index contributed by atoms with van der Waals surface area (Å²) < 4.78 is 7.25. The molecule has 0 aromatic heterocycles. The third-order valence-electron chi connectivity index (χ3n) is 1.11. The summed E-state index contributed by atoms with van der Waals surface area (Å²) in [6.45, 7) is 0. The Morgan fingerprint density at radius 3 is 2.70 bits per heavy atom. The first-order chi connectivity index (χ1) is 4.74. The van der Waals surface area contributed by atoms with Gasteiger partial charge >= 0.3 is 0 Å². The van der Waals surface area contributed by atoms with Gasteiger partial charge < -0.3 is 4.74 Å². The van der Waals surface area contributed by atoms with Crippen LogP contribution in [0.3, 0.4) is 0 Å². The molecule has 1 nitrogen and oxygen atoms in total. The first kappa shape index (κ1) is 8.33. The van der Waals surface area contributed by atoms with Gasteiger partial charge in [-0.1, -0.05) is 0 Å². The Morgan fingerprint density at radius 2 is 2.20 bits per heavy atom. The maximum atomic E-state index is 5.05. The highest BCUT2D eigenvalue weighted by molar-refractivity contribution is 14.1. The number of ether oxygens (including phenoxy) is 1. The van der Waals surface area contributed by atoms with E-state index < -0.39 is 0 Å². The Labute approximate surface area is 82.0 Å². The molecule has 0 heterocycles. The van der Waals surface area contributed by atoms with E-state index in [1.807, 2.05) is 18.2 Å². The molecule has 0 saturated heterocycles. The Hall–Kier alpha value is 0.230. The van der Waals surface area contributed by atoms with E-state index in [2.05, 4.69) is 38.5 Å². The van der Waals surface area contributed by atoms with Crippen LogP contribution >= 0.6 is 38.5 Å². The summed E-state index contributed by atoms with van der Waals surface area (Å²) in [5.41, 5.74) is 0. The van der Waals surface area contributed by atoms with Crippen LogP contribution in [0.15, 0.2) is 22.7 Å². The van der Waals surface area contributed by atoms with Crippen LogP contribution in [0.2, 0.25) is 0 Å². The lowest BCUT2D eigenvalue weighted by Crippen LogP contribution is -1.83. The van der Waals surface area contributed by atoms with Crippen LogP contribution in [-0.2, 0) is 0 Å². The van der Waals surface area contributed by atoms with Crippen molar-refractivity contribution in [3.05, 3.63) is 26.2 Å². The molecule has 0 atom stereocenters. The smallest absolute Gasteiger partial charge is 0.133 e. The van der Waals surface area contributed by atoms with Crippen LogP contribution < -0.4 is 4.74 Å². The van der Waals surface area contributed by atoms with Crippen molar-refractivity contribution in [2.45, 2.75) is 0 Å². The summed E-state index contributed by atoms with van der Waals surface area (Å²) in [5.74, 6) is 0.875. The van der Waals surface area contributed by atoms with E-state index in [9.17, 15) is 0 Å². The molecule has 0 unspecified atom stereocenters. The average Bonchev–Trinajstić information content (AvgIpc) is 1.88. The van der Waals surface area contributed by atoms with E-state index in [0.29, 0.717) is 0 Å². The molecule has 54 valence electrons. The van der Waals surface area contributed by atoms with E-state index in [1.165, 1.54) is 3.57 Å². The molecule has 0 radical (unpaired) electrons. The molecule has 0 saturated carbocycles. The van der Waals surface area contributed by atoms with Crippen LogP contribution in [-0.4, -0.2) is 7.11 Å². The zero-order chi connectivity index (χ0) is 7.56. The number of hydrogen-bond acceptors (Lipinski definition) is 1. The van der Waals surface area contributed by atoms with Gasteiger partial charge in [0, 0.05) is 3.57 Å². The maximum Gasteiger partial charge on any atom is 0.133 e. The average molecular weight is 313 g/mol. The number of hydrogen-bond donors (Lipinski definition) is 0. The van der Waals surface area contributed by atoms with Gasteiger partial charge in [-0.2, -0.15) is 0 Å². The van der Waals surface area contributed by atoms with E-state index in [1.54, 1.807) is 7.11 Å². The quantitative estimate of drug-likeness (QED) is 0.724. The molecule has 0 amide bonds. The van der Waals surface area contributed by atoms with Gasteiger partial charge in [0.1, 0.15) is 5.75 Å². The second-order valence-electron chi connectivity index (χ2n) is 1.78. The Bertz CT molecular complexity index is 237. The number of rotatable bonds is 1. The fourth-order valence-corrected chi connectivity index (χ4v) is 2.10. The summed E-state index contributed by atoms with van der Waals surface area (Å²) in [4.78, 5) is 0. The normalized spacial score (nSPS) is 9.50. The van der Waals surface area contributed by atoms with Crippen molar-refractivity contribution in [3.63, 3.8) is 0 Å².